The number of hydrogen-bond donors (Lipinski definition) is 2. The zero-order valence-electron chi connectivity index (χ0n) is 18.6. The van der Waals surface area contributed by atoms with Crippen molar-refractivity contribution in [2.45, 2.75) is 51.5 Å². The van der Waals surface area contributed by atoms with Gasteiger partial charge in [-0.3, -0.25) is 9.59 Å². The molecule has 2 N–H and O–H groups in total. The third-order valence-corrected chi connectivity index (χ3v) is 7.37. The van der Waals surface area contributed by atoms with Crippen LogP contribution >= 0.6 is 15.9 Å². The highest BCUT2D eigenvalue weighted by molar-refractivity contribution is 9.10. The topological polar surface area (TPSA) is 95.6 Å². The van der Waals surface area contributed by atoms with Gasteiger partial charge in [0.15, 0.2) is 0 Å². The fraction of sp³-hybridized carbons (Fsp3) is 0.391. The number of amides is 2. The molecule has 0 aliphatic carbocycles. The van der Waals surface area contributed by atoms with Crippen LogP contribution in [0.15, 0.2) is 45.8 Å². The number of carbonyl (C=O) groups excluding carboxylic acids is 2. The van der Waals surface area contributed by atoms with Gasteiger partial charge >= 0.3 is 0 Å². The standard InChI is InChI=1S/C23H28BrN3O4S/c1-14(2)11-21(23(29)25-20-7-5-18(24)12-15(20)3)26-32(30,31)19-6-8-22-17(13-19)9-10-27(22)16(4)28/h5-8,12-14,21,26H,9-11H2,1-4H3,(H,25,29)/t21-/m1/s1. The minimum absolute atomic E-state index is 0.0746. The van der Waals surface area contributed by atoms with Crippen molar-refractivity contribution >= 4 is 49.1 Å². The predicted octanol–water partition coefficient (Wildman–Crippen LogP) is 4.00. The molecule has 2 aromatic carbocycles. The summed E-state index contributed by atoms with van der Waals surface area (Å²) in [5.41, 5.74) is 3.04. The summed E-state index contributed by atoms with van der Waals surface area (Å²) in [6, 6.07) is 9.27. The average molecular weight is 522 g/mol. The maximum atomic E-state index is 13.1. The lowest BCUT2D eigenvalue weighted by Gasteiger charge is -2.21. The number of halogens is 1. The van der Waals surface area contributed by atoms with Gasteiger partial charge in [0.1, 0.15) is 6.04 Å². The summed E-state index contributed by atoms with van der Waals surface area (Å²) in [5.74, 6) is -0.380. The number of rotatable bonds is 7. The third-order valence-electron chi connectivity index (χ3n) is 5.40. The molecule has 0 aromatic heterocycles. The summed E-state index contributed by atoms with van der Waals surface area (Å²) in [7, 11) is -3.94. The number of carbonyl (C=O) groups is 2. The minimum atomic E-state index is -3.94. The second-order valence-electron chi connectivity index (χ2n) is 8.46. The molecule has 2 amide bonds. The summed E-state index contributed by atoms with van der Waals surface area (Å²) in [5, 5.41) is 2.85. The molecule has 1 heterocycles. The van der Waals surface area contributed by atoms with Crippen molar-refractivity contribution in [3.05, 3.63) is 52.0 Å². The Morgan fingerprint density at radius 3 is 2.50 bits per heavy atom. The fourth-order valence-corrected chi connectivity index (χ4v) is 5.53. The molecule has 172 valence electrons. The highest BCUT2D eigenvalue weighted by Crippen LogP contribution is 2.30. The van der Waals surface area contributed by atoms with E-state index in [1.807, 2.05) is 32.9 Å². The van der Waals surface area contributed by atoms with E-state index in [-0.39, 0.29) is 16.7 Å². The molecular formula is C23H28BrN3O4S. The Morgan fingerprint density at radius 1 is 1.16 bits per heavy atom. The molecule has 0 fully saturated rings. The summed E-state index contributed by atoms with van der Waals surface area (Å²) in [6.45, 7) is 7.77. The van der Waals surface area contributed by atoms with E-state index in [0.29, 0.717) is 25.1 Å². The van der Waals surface area contributed by atoms with Crippen LogP contribution in [0.4, 0.5) is 11.4 Å². The molecule has 2 aromatic rings. The molecule has 0 saturated carbocycles. The Balaban J connectivity index is 1.83. The van der Waals surface area contributed by atoms with Gasteiger partial charge in [0.05, 0.1) is 4.90 Å². The van der Waals surface area contributed by atoms with Gasteiger partial charge in [-0.05, 0) is 73.2 Å². The molecule has 0 bridgehead atoms. The van der Waals surface area contributed by atoms with E-state index in [2.05, 4.69) is 26.0 Å². The van der Waals surface area contributed by atoms with Crippen molar-refractivity contribution in [1.82, 2.24) is 4.72 Å². The van der Waals surface area contributed by atoms with E-state index in [4.69, 9.17) is 0 Å². The van der Waals surface area contributed by atoms with Gasteiger partial charge in [0.25, 0.3) is 0 Å². The monoisotopic (exact) mass is 521 g/mol. The van der Waals surface area contributed by atoms with Crippen LogP contribution in [-0.2, 0) is 26.0 Å². The van der Waals surface area contributed by atoms with Gasteiger partial charge in [-0.1, -0.05) is 29.8 Å². The van der Waals surface area contributed by atoms with Crippen LogP contribution in [0.25, 0.3) is 0 Å². The number of sulfonamides is 1. The van der Waals surface area contributed by atoms with E-state index in [9.17, 15) is 18.0 Å². The van der Waals surface area contributed by atoms with Crippen molar-refractivity contribution in [2.75, 3.05) is 16.8 Å². The molecule has 0 unspecified atom stereocenters. The van der Waals surface area contributed by atoms with Crippen LogP contribution < -0.4 is 14.9 Å². The average Bonchev–Trinajstić information content (AvgIpc) is 3.12. The van der Waals surface area contributed by atoms with Crippen molar-refractivity contribution in [1.29, 1.82) is 0 Å². The highest BCUT2D eigenvalue weighted by Gasteiger charge is 2.29. The maximum Gasteiger partial charge on any atom is 0.242 e. The lowest BCUT2D eigenvalue weighted by molar-refractivity contribution is -0.118. The summed E-state index contributed by atoms with van der Waals surface area (Å²) in [6.07, 6.45) is 0.945. The first-order valence-electron chi connectivity index (χ1n) is 10.5. The maximum absolute atomic E-state index is 13.1. The van der Waals surface area contributed by atoms with Crippen molar-refractivity contribution in [3.63, 3.8) is 0 Å². The van der Waals surface area contributed by atoms with Gasteiger partial charge in [-0.2, -0.15) is 4.72 Å². The highest BCUT2D eigenvalue weighted by atomic mass is 79.9. The summed E-state index contributed by atoms with van der Waals surface area (Å²) < 4.78 is 29.7. The van der Waals surface area contributed by atoms with Gasteiger partial charge in [-0.15, -0.1) is 0 Å². The van der Waals surface area contributed by atoms with Gasteiger partial charge in [-0.25, -0.2) is 8.42 Å². The molecule has 7 nitrogen and oxygen atoms in total. The first-order chi connectivity index (χ1) is 15.0. The zero-order chi connectivity index (χ0) is 23.6. The second-order valence-corrected chi connectivity index (χ2v) is 11.1. The van der Waals surface area contributed by atoms with E-state index in [0.717, 1.165) is 21.3 Å². The molecule has 9 heteroatoms. The first kappa shape index (κ1) is 24.4. The molecule has 1 aliphatic rings. The van der Waals surface area contributed by atoms with Gasteiger partial charge < -0.3 is 10.2 Å². The van der Waals surface area contributed by atoms with Crippen LogP contribution in [0.3, 0.4) is 0 Å². The Bertz CT molecular complexity index is 1150. The summed E-state index contributed by atoms with van der Waals surface area (Å²) in [4.78, 5) is 26.5. The van der Waals surface area contributed by atoms with Gasteiger partial charge in [0, 0.05) is 29.3 Å². The lowest BCUT2D eigenvalue weighted by Crippen LogP contribution is -2.44. The number of nitrogens with zero attached hydrogens (tertiary/aromatic N) is 1. The fourth-order valence-electron chi connectivity index (χ4n) is 3.79. The lowest BCUT2D eigenvalue weighted by atomic mass is 10.0. The van der Waals surface area contributed by atoms with E-state index >= 15 is 0 Å². The number of anilines is 2. The van der Waals surface area contributed by atoms with Gasteiger partial charge in [0.2, 0.25) is 21.8 Å². The van der Waals surface area contributed by atoms with E-state index in [1.165, 1.54) is 13.0 Å². The Hall–Kier alpha value is -2.23. The number of fused-ring (bicyclic) bond motifs is 1. The van der Waals surface area contributed by atoms with Crippen LogP contribution in [0.5, 0.6) is 0 Å². The molecule has 0 saturated heterocycles. The Labute approximate surface area is 197 Å². The number of hydrogen-bond acceptors (Lipinski definition) is 4. The number of nitrogens with one attached hydrogen (secondary N) is 2. The Kier molecular flexibility index (Phi) is 7.42. The predicted molar refractivity (Wildman–Crippen MR) is 129 cm³/mol. The molecule has 0 spiro atoms. The van der Waals surface area contributed by atoms with Crippen molar-refractivity contribution in [2.24, 2.45) is 5.92 Å². The molecule has 1 aliphatic heterocycles. The van der Waals surface area contributed by atoms with E-state index in [1.54, 1.807) is 23.1 Å². The van der Waals surface area contributed by atoms with Crippen molar-refractivity contribution < 1.29 is 18.0 Å². The number of aryl methyl sites for hydroxylation is 1. The molecule has 3 rings (SSSR count). The van der Waals surface area contributed by atoms with E-state index < -0.39 is 22.0 Å². The summed E-state index contributed by atoms with van der Waals surface area (Å²) >= 11 is 3.40. The van der Waals surface area contributed by atoms with Crippen LogP contribution in [0.1, 0.15) is 38.3 Å². The molecule has 1 atom stereocenters. The second kappa shape index (κ2) is 9.72. The number of benzene rings is 2. The SMILES string of the molecule is CC(=O)N1CCc2cc(S(=O)(=O)N[C@H](CC(C)C)C(=O)Nc3ccc(Br)cc3C)ccc21. The zero-order valence-corrected chi connectivity index (χ0v) is 21.0. The molecule has 32 heavy (non-hydrogen) atoms. The Morgan fingerprint density at radius 2 is 1.88 bits per heavy atom. The largest absolute Gasteiger partial charge is 0.324 e. The van der Waals surface area contributed by atoms with Crippen molar-refractivity contribution in [3.8, 4) is 0 Å². The third kappa shape index (κ3) is 5.57. The molecular weight excluding hydrogens is 494 g/mol. The molecule has 0 radical (unpaired) electrons. The quantitative estimate of drug-likeness (QED) is 0.575. The van der Waals surface area contributed by atoms with Crippen LogP contribution in [0.2, 0.25) is 0 Å². The smallest absolute Gasteiger partial charge is 0.242 e. The van der Waals surface area contributed by atoms with Crippen LogP contribution in [-0.4, -0.2) is 32.8 Å². The minimum Gasteiger partial charge on any atom is -0.324 e. The first-order valence-corrected chi connectivity index (χ1v) is 12.8. The normalized spacial score (nSPS) is 14.4. The van der Waals surface area contributed by atoms with Crippen LogP contribution in [0, 0.1) is 12.8 Å².